The molecule has 4 amide bonds. The fourth-order valence-electron chi connectivity index (χ4n) is 7.26. The number of hydrogen-bond acceptors (Lipinski definition) is 9. The van der Waals surface area contributed by atoms with Crippen molar-refractivity contribution in [2.45, 2.75) is 87.3 Å². The summed E-state index contributed by atoms with van der Waals surface area (Å²) in [5.74, 6) is 0.950. The fraction of sp³-hybridized carbons (Fsp3) is 0.450. The van der Waals surface area contributed by atoms with Crippen LogP contribution in [0.4, 0.5) is 9.59 Å². The number of carbonyl (C=O) groups excluding carboxylic acids is 4. The third kappa shape index (κ3) is 8.98. The molecule has 4 N–H and O–H groups in total. The Labute approximate surface area is 325 Å². The Balaban J connectivity index is 1.10. The first kappa shape index (κ1) is 39.4. The maximum absolute atomic E-state index is 13.6. The summed E-state index contributed by atoms with van der Waals surface area (Å²) in [5.41, 5.74) is 3.68. The zero-order valence-corrected chi connectivity index (χ0v) is 32.9. The van der Waals surface area contributed by atoms with Crippen LogP contribution < -0.4 is 10.6 Å². The number of aromatic nitrogens is 4. The van der Waals surface area contributed by atoms with Gasteiger partial charge in [0.2, 0.25) is 11.8 Å². The molecule has 0 bridgehead atoms. The van der Waals surface area contributed by atoms with Crippen LogP contribution in [0.3, 0.4) is 0 Å². The fourth-order valence-corrected chi connectivity index (χ4v) is 8.13. The standard InChI is InChI=1S/C40H50N8O6S/c1-23(2)33(45-39(51)53-5)37(49)47-18-8-12-31(47)35-41-21-29(43-35)25-14-16-27(17-15-25)55-28-11-7-10-26(20-28)30-22-42-36(44-30)32-13-9-19-48(32)38(50)34(24(3)4)46-40(52)54-6/h7,10-11,14-17,20-24,31-34H,8-9,12-13,18-19H2,1-6H3,(H,41,43)(H,42,44)(H,45,51)(H,46,52)/t31-,32?,33-,34-/m0/s1. The van der Waals surface area contributed by atoms with E-state index in [0.717, 1.165) is 69.6 Å². The second kappa shape index (κ2) is 17.4. The summed E-state index contributed by atoms with van der Waals surface area (Å²) >= 11 is 1.65. The second-order valence-corrected chi connectivity index (χ2v) is 15.8. The van der Waals surface area contributed by atoms with Crippen LogP contribution in [0.1, 0.15) is 77.1 Å². The minimum Gasteiger partial charge on any atom is -0.453 e. The molecule has 2 saturated heterocycles. The molecule has 14 nitrogen and oxygen atoms in total. The molecule has 2 aromatic heterocycles. The second-order valence-electron chi connectivity index (χ2n) is 14.6. The number of amides is 4. The highest BCUT2D eigenvalue weighted by atomic mass is 32.2. The van der Waals surface area contributed by atoms with Gasteiger partial charge in [0.15, 0.2) is 0 Å². The third-order valence-electron chi connectivity index (χ3n) is 10.2. The first-order valence-corrected chi connectivity index (χ1v) is 19.6. The van der Waals surface area contributed by atoms with Gasteiger partial charge in [-0.25, -0.2) is 19.6 Å². The molecular formula is C40H50N8O6S. The Morgan fingerprint density at radius 2 is 1.20 bits per heavy atom. The number of nitrogens with zero attached hydrogens (tertiary/aromatic N) is 4. The van der Waals surface area contributed by atoms with E-state index in [1.54, 1.807) is 22.9 Å². The van der Waals surface area contributed by atoms with Crippen molar-refractivity contribution in [1.82, 2.24) is 40.4 Å². The third-order valence-corrected chi connectivity index (χ3v) is 11.2. The molecule has 4 heterocycles. The number of alkyl carbamates (subject to hydrolysis) is 2. The normalized spacial score (nSPS) is 18.0. The predicted molar refractivity (Wildman–Crippen MR) is 208 cm³/mol. The Hall–Kier alpha value is -5.31. The molecule has 4 aromatic rings. The number of methoxy groups -OCH3 is 2. The zero-order chi connectivity index (χ0) is 39.2. The lowest BCUT2D eigenvalue weighted by Crippen LogP contribution is -2.51. The summed E-state index contributed by atoms with van der Waals surface area (Å²) in [6, 6.07) is 14.7. The van der Waals surface area contributed by atoms with E-state index in [4.69, 9.17) is 14.5 Å². The number of aromatic amines is 2. The minimum absolute atomic E-state index is 0.105. The first-order valence-electron chi connectivity index (χ1n) is 18.8. The smallest absolute Gasteiger partial charge is 0.407 e. The molecule has 0 radical (unpaired) electrons. The van der Waals surface area contributed by atoms with Crippen LogP contribution in [0.25, 0.3) is 22.5 Å². The number of rotatable bonds is 12. The number of likely N-dealkylation sites (tertiary alicyclic amines) is 2. The lowest BCUT2D eigenvalue weighted by atomic mass is 10.0. The van der Waals surface area contributed by atoms with Gasteiger partial charge in [-0.2, -0.15) is 0 Å². The van der Waals surface area contributed by atoms with Crippen molar-refractivity contribution in [3.8, 4) is 22.5 Å². The van der Waals surface area contributed by atoms with E-state index < -0.39 is 24.3 Å². The maximum Gasteiger partial charge on any atom is 0.407 e. The number of benzene rings is 2. The van der Waals surface area contributed by atoms with Gasteiger partial charge in [0.1, 0.15) is 23.7 Å². The summed E-state index contributed by atoms with van der Waals surface area (Å²) in [5, 5.41) is 5.39. The lowest BCUT2D eigenvalue weighted by molar-refractivity contribution is -0.136. The molecule has 2 fully saturated rings. The van der Waals surface area contributed by atoms with Crippen molar-refractivity contribution >= 4 is 35.8 Å². The average molecular weight is 771 g/mol. The van der Waals surface area contributed by atoms with Crippen molar-refractivity contribution in [3.63, 3.8) is 0 Å². The summed E-state index contributed by atoms with van der Waals surface area (Å²) < 4.78 is 9.51. The van der Waals surface area contributed by atoms with Crippen LogP contribution in [-0.2, 0) is 19.1 Å². The van der Waals surface area contributed by atoms with Gasteiger partial charge in [-0.05, 0) is 67.3 Å². The topological polar surface area (TPSA) is 175 Å². The van der Waals surface area contributed by atoms with Crippen LogP contribution in [0, 0.1) is 11.8 Å². The molecule has 0 aliphatic carbocycles. The van der Waals surface area contributed by atoms with Gasteiger partial charge < -0.3 is 39.9 Å². The molecular weight excluding hydrogens is 721 g/mol. The van der Waals surface area contributed by atoms with Gasteiger partial charge in [-0.3, -0.25) is 9.59 Å². The van der Waals surface area contributed by atoms with Gasteiger partial charge in [0.05, 0.1) is 50.1 Å². The SMILES string of the molecule is COC(=O)N[C@H](C(=O)N1CCCC1c1ncc(-c2cccc(Sc3ccc(-c4cnc([C@@H]5CCCN5C(=O)[C@@H](NC(=O)OC)C(C)C)[nH]4)cc3)c2)[nH]1)C(C)C. The van der Waals surface area contributed by atoms with Crippen LogP contribution in [0.5, 0.6) is 0 Å². The van der Waals surface area contributed by atoms with E-state index in [0.29, 0.717) is 13.1 Å². The maximum atomic E-state index is 13.6. The molecule has 2 aliphatic heterocycles. The Morgan fingerprint density at radius 3 is 1.67 bits per heavy atom. The number of nitrogens with one attached hydrogen (secondary N) is 4. The van der Waals surface area contributed by atoms with Crippen molar-refractivity contribution in [2.75, 3.05) is 27.3 Å². The Morgan fingerprint density at radius 1 is 0.709 bits per heavy atom. The van der Waals surface area contributed by atoms with Gasteiger partial charge in [-0.15, -0.1) is 0 Å². The molecule has 15 heteroatoms. The summed E-state index contributed by atoms with van der Waals surface area (Å²) in [7, 11) is 2.58. The van der Waals surface area contributed by atoms with E-state index in [-0.39, 0.29) is 35.7 Å². The van der Waals surface area contributed by atoms with Crippen LogP contribution in [-0.4, -0.2) is 93.1 Å². The number of imidazole rings is 2. The summed E-state index contributed by atoms with van der Waals surface area (Å²) in [6.45, 7) is 8.79. The van der Waals surface area contributed by atoms with Crippen molar-refractivity contribution < 1.29 is 28.7 Å². The highest BCUT2D eigenvalue weighted by molar-refractivity contribution is 7.99. The van der Waals surface area contributed by atoms with Crippen LogP contribution in [0.2, 0.25) is 0 Å². The summed E-state index contributed by atoms with van der Waals surface area (Å²) in [4.78, 5) is 73.0. The number of H-pyrrole nitrogens is 2. The average Bonchev–Trinajstić information content (AvgIpc) is 4.02. The molecule has 2 aromatic carbocycles. The molecule has 2 aliphatic rings. The van der Waals surface area contributed by atoms with E-state index in [1.165, 1.54) is 14.2 Å². The van der Waals surface area contributed by atoms with E-state index in [2.05, 4.69) is 62.0 Å². The highest BCUT2D eigenvalue weighted by Gasteiger charge is 2.39. The Kier molecular flexibility index (Phi) is 12.5. The van der Waals surface area contributed by atoms with Crippen molar-refractivity contribution in [3.05, 3.63) is 72.6 Å². The number of ether oxygens (including phenoxy) is 2. The van der Waals surface area contributed by atoms with E-state index in [9.17, 15) is 19.2 Å². The quantitative estimate of drug-likeness (QED) is 0.122. The van der Waals surface area contributed by atoms with Gasteiger partial charge in [0.25, 0.3) is 0 Å². The first-order chi connectivity index (χ1) is 26.5. The molecule has 292 valence electrons. The predicted octanol–water partition coefficient (Wildman–Crippen LogP) is 6.71. The number of carbonyl (C=O) groups is 4. The molecule has 55 heavy (non-hydrogen) atoms. The molecule has 6 rings (SSSR count). The van der Waals surface area contributed by atoms with Gasteiger partial charge >= 0.3 is 12.2 Å². The lowest BCUT2D eigenvalue weighted by Gasteiger charge is -2.30. The monoisotopic (exact) mass is 770 g/mol. The van der Waals surface area contributed by atoms with E-state index in [1.807, 2.05) is 50.9 Å². The van der Waals surface area contributed by atoms with Crippen LogP contribution in [0.15, 0.2) is 70.7 Å². The van der Waals surface area contributed by atoms with E-state index >= 15 is 0 Å². The molecule has 1 unspecified atom stereocenters. The van der Waals surface area contributed by atoms with Crippen LogP contribution >= 0.6 is 11.8 Å². The zero-order valence-electron chi connectivity index (χ0n) is 32.1. The molecule has 0 spiro atoms. The highest BCUT2D eigenvalue weighted by Crippen LogP contribution is 2.36. The molecule has 0 saturated carbocycles. The molecule has 4 atom stereocenters. The largest absolute Gasteiger partial charge is 0.453 e. The van der Waals surface area contributed by atoms with Crippen molar-refractivity contribution in [1.29, 1.82) is 0 Å². The Bertz CT molecular complexity index is 1980. The van der Waals surface area contributed by atoms with Crippen molar-refractivity contribution in [2.24, 2.45) is 11.8 Å². The minimum atomic E-state index is -0.691. The van der Waals surface area contributed by atoms with Gasteiger partial charge in [0, 0.05) is 28.4 Å². The van der Waals surface area contributed by atoms with Gasteiger partial charge in [-0.1, -0.05) is 63.7 Å². The number of hydrogen-bond donors (Lipinski definition) is 4. The summed E-state index contributed by atoms with van der Waals surface area (Å²) in [6.07, 6.45) is 5.61.